The topological polar surface area (TPSA) is 87.3 Å². The molecule has 0 fully saturated rings. The molecular formula is C19H17F2N3O3. The Morgan fingerprint density at radius 3 is 2.48 bits per heavy atom. The van der Waals surface area contributed by atoms with Gasteiger partial charge in [-0.3, -0.25) is 14.4 Å². The van der Waals surface area contributed by atoms with Gasteiger partial charge in [0.2, 0.25) is 11.8 Å². The molecule has 0 bridgehead atoms. The smallest absolute Gasteiger partial charge is 0.254 e. The molecule has 3 rings (SSSR count). The maximum Gasteiger partial charge on any atom is 0.254 e. The highest BCUT2D eigenvalue weighted by Crippen LogP contribution is 2.19. The van der Waals surface area contributed by atoms with E-state index in [4.69, 9.17) is 0 Å². The van der Waals surface area contributed by atoms with E-state index in [9.17, 15) is 23.2 Å². The molecule has 3 amide bonds. The summed E-state index contributed by atoms with van der Waals surface area (Å²) in [6, 6.07) is 9.14. The lowest BCUT2D eigenvalue weighted by Crippen LogP contribution is -2.42. The molecule has 1 aliphatic heterocycles. The summed E-state index contributed by atoms with van der Waals surface area (Å²) in [5.74, 6) is -2.82. The quantitative estimate of drug-likeness (QED) is 0.750. The normalized spacial score (nSPS) is 16.0. The van der Waals surface area contributed by atoms with Crippen LogP contribution in [0.5, 0.6) is 0 Å². The van der Waals surface area contributed by atoms with Crippen LogP contribution in [-0.2, 0) is 16.1 Å². The highest BCUT2D eigenvalue weighted by molar-refractivity contribution is 6.09. The summed E-state index contributed by atoms with van der Waals surface area (Å²) in [5, 5.41) is 7.64. The lowest BCUT2D eigenvalue weighted by Gasteiger charge is -2.14. The minimum absolute atomic E-state index is 0.0527. The standard InChI is InChI=1S/C19H17F2N3O3/c20-13-5-3-6-14(21)12(13)10-22-17(25)9-8-16-19(27)23-15-7-2-1-4-11(15)18(26)24-16/h1-7,16H,8-10H2,(H,22,25)(H,23,27)(H,24,26)/t16-/m0/s1. The van der Waals surface area contributed by atoms with Gasteiger partial charge in [0.05, 0.1) is 11.3 Å². The van der Waals surface area contributed by atoms with Crippen molar-refractivity contribution in [3.05, 3.63) is 65.2 Å². The molecule has 3 N–H and O–H groups in total. The predicted octanol–water partition coefficient (Wildman–Crippen LogP) is 2.11. The number of hydrogen-bond acceptors (Lipinski definition) is 3. The number of fused-ring (bicyclic) bond motifs is 1. The minimum atomic E-state index is -0.888. The molecule has 6 nitrogen and oxygen atoms in total. The summed E-state index contributed by atoms with van der Waals surface area (Å²) >= 11 is 0. The second-order valence-electron chi connectivity index (χ2n) is 6.08. The Bertz CT molecular complexity index is 881. The number of halogens is 2. The van der Waals surface area contributed by atoms with Crippen molar-refractivity contribution in [2.75, 3.05) is 5.32 Å². The molecular weight excluding hydrogens is 356 g/mol. The Labute approximate surface area is 154 Å². The molecule has 1 heterocycles. The summed E-state index contributed by atoms with van der Waals surface area (Å²) in [6.45, 7) is -0.300. The van der Waals surface area contributed by atoms with Crippen molar-refractivity contribution in [3.8, 4) is 0 Å². The highest BCUT2D eigenvalue weighted by atomic mass is 19.1. The molecule has 8 heteroatoms. The van der Waals surface area contributed by atoms with Gasteiger partial charge in [0.25, 0.3) is 5.91 Å². The Hall–Kier alpha value is -3.29. The van der Waals surface area contributed by atoms with E-state index in [1.54, 1.807) is 24.3 Å². The predicted molar refractivity (Wildman–Crippen MR) is 93.8 cm³/mol. The fraction of sp³-hybridized carbons (Fsp3) is 0.211. The molecule has 0 aliphatic carbocycles. The largest absolute Gasteiger partial charge is 0.352 e. The third-order valence-corrected chi connectivity index (χ3v) is 4.24. The average Bonchev–Trinajstić information content (AvgIpc) is 2.76. The van der Waals surface area contributed by atoms with Crippen molar-refractivity contribution < 1.29 is 23.2 Å². The fourth-order valence-electron chi connectivity index (χ4n) is 2.77. The van der Waals surface area contributed by atoms with E-state index in [1.807, 2.05) is 0 Å². The number of carbonyl (C=O) groups excluding carboxylic acids is 3. The SMILES string of the molecule is O=C(CC[C@@H]1NC(=O)c2ccccc2NC1=O)NCc1c(F)cccc1F. The van der Waals surface area contributed by atoms with Gasteiger partial charge >= 0.3 is 0 Å². The van der Waals surface area contributed by atoms with E-state index < -0.39 is 35.4 Å². The van der Waals surface area contributed by atoms with E-state index in [2.05, 4.69) is 16.0 Å². The number of amides is 3. The number of benzene rings is 2. The number of hydrogen-bond donors (Lipinski definition) is 3. The van der Waals surface area contributed by atoms with Gasteiger partial charge in [0.1, 0.15) is 17.7 Å². The van der Waals surface area contributed by atoms with Crippen molar-refractivity contribution in [2.45, 2.75) is 25.4 Å². The first kappa shape index (κ1) is 18.5. The first-order valence-corrected chi connectivity index (χ1v) is 8.36. The molecule has 0 unspecified atom stereocenters. The van der Waals surface area contributed by atoms with Crippen molar-refractivity contribution in [2.24, 2.45) is 0 Å². The molecule has 27 heavy (non-hydrogen) atoms. The number of carbonyl (C=O) groups is 3. The summed E-state index contributed by atoms with van der Waals surface area (Å²) in [4.78, 5) is 36.4. The number of nitrogens with one attached hydrogen (secondary N) is 3. The molecule has 1 aliphatic rings. The molecule has 0 aromatic heterocycles. The van der Waals surface area contributed by atoms with E-state index in [0.29, 0.717) is 11.3 Å². The van der Waals surface area contributed by atoms with Gasteiger partial charge in [-0.15, -0.1) is 0 Å². The summed E-state index contributed by atoms with van der Waals surface area (Å²) in [6.07, 6.45) is -0.0397. The average molecular weight is 373 g/mol. The van der Waals surface area contributed by atoms with Gasteiger partial charge in [-0.05, 0) is 30.7 Å². The molecule has 2 aromatic carbocycles. The van der Waals surface area contributed by atoms with Gasteiger partial charge < -0.3 is 16.0 Å². The Morgan fingerprint density at radius 2 is 1.74 bits per heavy atom. The second kappa shape index (κ2) is 7.94. The van der Waals surface area contributed by atoms with Crippen LogP contribution in [0.1, 0.15) is 28.8 Å². The van der Waals surface area contributed by atoms with Gasteiger partial charge in [0, 0.05) is 18.5 Å². The van der Waals surface area contributed by atoms with E-state index >= 15 is 0 Å². The Balaban J connectivity index is 1.56. The van der Waals surface area contributed by atoms with Crippen LogP contribution in [-0.4, -0.2) is 23.8 Å². The Kier molecular flexibility index (Phi) is 5.44. The molecule has 0 spiro atoms. The highest BCUT2D eigenvalue weighted by Gasteiger charge is 2.27. The van der Waals surface area contributed by atoms with Crippen molar-refractivity contribution >= 4 is 23.4 Å². The van der Waals surface area contributed by atoms with Gasteiger partial charge in [0.15, 0.2) is 0 Å². The maximum absolute atomic E-state index is 13.6. The maximum atomic E-state index is 13.6. The van der Waals surface area contributed by atoms with Gasteiger partial charge in [-0.1, -0.05) is 18.2 Å². The van der Waals surface area contributed by atoms with E-state index in [0.717, 1.165) is 12.1 Å². The number of para-hydroxylation sites is 1. The zero-order valence-corrected chi connectivity index (χ0v) is 14.2. The minimum Gasteiger partial charge on any atom is -0.352 e. The second-order valence-corrected chi connectivity index (χ2v) is 6.08. The van der Waals surface area contributed by atoms with Gasteiger partial charge in [-0.25, -0.2) is 8.78 Å². The zero-order valence-electron chi connectivity index (χ0n) is 14.2. The van der Waals surface area contributed by atoms with Crippen molar-refractivity contribution in [1.29, 1.82) is 0 Å². The van der Waals surface area contributed by atoms with E-state index in [-0.39, 0.29) is 24.9 Å². The van der Waals surface area contributed by atoms with Crippen LogP contribution < -0.4 is 16.0 Å². The van der Waals surface area contributed by atoms with Crippen LogP contribution in [0.3, 0.4) is 0 Å². The molecule has 0 radical (unpaired) electrons. The first-order chi connectivity index (χ1) is 13.0. The van der Waals surface area contributed by atoms with Crippen LogP contribution >= 0.6 is 0 Å². The molecule has 0 saturated heterocycles. The lowest BCUT2D eigenvalue weighted by molar-refractivity contribution is -0.122. The van der Waals surface area contributed by atoms with Crippen LogP contribution in [0.2, 0.25) is 0 Å². The van der Waals surface area contributed by atoms with Gasteiger partial charge in [-0.2, -0.15) is 0 Å². The summed E-state index contributed by atoms with van der Waals surface area (Å²) in [7, 11) is 0. The fourth-order valence-corrected chi connectivity index (χ4v) is 2.77. The zero-order chi connectivity index (χ0) is 19.4. The number of rotatable bonds is 5. The molecule has 1 atom stereocenters. The first-order valence-electron chi connectivity index (χ1n) is 8.36. The van der Waals surface area contributed by atoms with E-state index in [1.165, 1.54) is 6.07 Å². The lowest BCUT2D eigenvalue weighted by atomic mass is 10.1. The Morgan fingerprint density at radius 1 is 1.04 bits per heavy atom. The summed E-state index contributed by atoms with van der Waals surface area (Å²) < 4.78 is 27.1. The molecule has 0 saturated carbocycles. The number of anilines is 1. The van der Waals surface area contributed by atoms with Crippen LogP contribution in [0.15, 0.2) is 42.5 Å². The monoisotopic (exact) mass is 373 g/mol. The van der Waals surface area contributed by atoms with Crippen molar-refractivity contribution in [1.82, 2.24) is 10.6 Å². The third kappa shape index (κ3) is 4.28. The van der Waals surface area contributed by atoms with Crippen LogP contribution in [0.25, 0.3) is 0 Å². The van der Waals surface area contributed by atoms with Crippen LogP contribution in [0.4, 0.5) is 14.5 Å². The van der Waals surface area contributed by atoms with Crippen LogP contribution in [0, 0.1) is 11.6 Å². The molecule has 140 valence electrons. The summed E-state index contributed by atoms with van der Waals surface area (Å²) in [5.41, 5.74) is 0.511. The van der Waals surface area contributed by atoms with Crippen molar-refractivity contribution in [3.63, 3.8) is 0 Å². The third-order valence-electron chi connectivity index (χ3n) is 4.24. The molecule has 2 aromatic rings.